The molecule has 94 valence electrons. The minimum Gasteiger partial charge on any atom is -0.436 e. The Balaban J connectivity index is 2.45. The molecule has 0 saturated heterocycles. The van der Waals surface area contributed by atoms with Gasteiger partial charge in [-0.25, -0.2) is 0 Å². The molecule has 0 aromatic heterocycles. The average Bonchev–Trinajstić information content (AvgIpc) is 2.26. The molecule has 0 aliphatic rings. The van der Waals surface area contributed by atoms with E-state index in [0.29, 0.717) is 18.9 Å². The van der Waals surface area contributed by atoms with Crippen molar-refractivity contribution in [2.75, 3.05) is 0 Å². The lowest BCUT2D eigenvalue weighted by Crippen LogP contribution is -2.21. The summed E-state index contributed by atoms with van der Waals surface area (Å²) in [4.78, 5) is 10.9. The first-order valence-electron chi connectivity index (χ1n) is 5.90. The van der Waals surface area contributed by atoms with Crippen LogP contribution >= 0.6 is 0 Å². The van der Waals surface area contributed by atoms with Crippen LogP contribution in [0.4, 0.5) is 0 Å². The normalized spacial score (nSPS) is 12.5. The lowest BCUT2D eigenvalue weighted by molar-refractivity contribution is -0.182. The van der Waals surface area contributed by atoms with Crippen LogP contribution in [0.15, 0.2) is 30.3 Å². The molecule has 1 rings (SSSR count). The van der Waals surface area contributed by atoms with Crippen LogP contribution in [0.5, 0.6) is 0 Å². The largest absolute Gasteiger partial charge is 0.436 e. The number of carbonyl (C=O) groups is 1. The predicted octanol–water partition coefficient (Wildman–Crippen LogP) is 3.14. The molecule has 1 atom stereocenters. The molecule has 3 heteroatoms. The molecule has 0 aliphatic heterocycles. The molecule has 0 amide bonds. The Labute approximate surface area is 103 Å². The maximum Gasteiger partial charge on any atom is 0.304 e. The zero-order valence-corrected chi connectivity index (χ0v) is 10.7. The van der Waals surface area contributed by atoms with Gasteiger partial charge in [0.05, 0.1) is 6.61 Å². The number of rotatable bonds is 6. The molecule has 1 aromatic carbocycles. The molecule has 0 aliphatic carbocycles. The second kappa shape index (κ2) is 7.07. The van der Waals surface area contributed by atoms with E-state index in [0.717, 1.165) is 5.56 Å². The van der Waals surface area contributed by atoms with E-state index in [1.807, 2.05) is 30.3 Å². The molecule has 0 spiro atoms. The number of benzene rings is 1. The maximum atomic E-state index is 10.9. The Kier molecular flexibility index (Phi) is 5.70. The van der Waals surface area contributed by atoms with Crippen molar-refractivity contribution in [3.63, 3.8) is 0 Å². The highest BCUT2D eigenvalue weighted by Crippen LogP contribution is 2.12. The average molecular weight is 236 g/mol. The summed E-state index contributed by atoms with van der Waals surface area (Å²) in [5.74, 6) is 0.124. The van der Waals surface area contributed by atoms with Gasteiger partial charge in [0.2, 0.25) is 6.29 Å². The molecule has 17 heavy (non-hydrogen) atoms. The summed E-state index contributed by atoms with van der Waals surface area (Å²) in [6.45, 7) is 6.01. The predicted molar refractivity (Wildman–Crippen MR) is 66.2 cm³/mol. The van der Waals surface area contributed by atoms with Gasteiger partial charge in [-0.2, -0.15) is 0 Å². The second-order valence-electron chi connectivity index (χ2n) is 4.47. The Morgan fingerprint density at radius 3 is 2.41 bits per heavy atom. The Morgan fingerprint density at radius 1 is 1.24 bits per heavy atom. The fourth-order valence-corrected chi connectivity index (χ4v) is 1.48. The molecule has 0 bridgehead atoms. The van der Waals surface area contributed by atoms with E-state index in [1.54, 1.807) is 0 Å². The molecule has 0 fully saturated rings. The third-order valence-electron chi connectivity index (χ3n) is 2.24. The van der Waals surface area contributed by atoms with Crippen LogP contribution in [0.3, 0.4) is 0 Å². The highest BCUT2D eigenvalue weighted by molar-refractivity contribution is 5.66. The fourth-order valence-electron chi connectivity index (χ4n) is 1.48. The monoisotopic (exact) mass is 236 g/mol. The molecule has 1 aromatic rings. The Bertz CT molecular complexity index is 333. The van der Waals surface area contributed by atoms with Gasteiger partial charge in [0.15, 0.2) is 0 Å². The van der Waals surface area contributed by atoms with Gasteiger partial charge in [-0.05, 0) is 11.5 Å². The van der Waals surface area contributed by atoms with Crippen LogP contribution in [0.25, 0.3) is 0 Å². The SMILES string of the molecule is CC(=O)O[C@H](CC(C)C)OCc1ccccc1. The van der Waals surface area contributed by atoms with Crippen LogP contribution in [-0.2, 0) is 20.9 Å². The first-order chi connectivity index (χ1) is 8.08. The van der Waals surface area contributed by atoms with Crippen molar-refractivity contribution < 1.29 is 14.3 Å². The molecule has 0 saturated carbocycles. The van der Waals surface area contributed by atoms with E-state index in [9.17, 15) is 4.79 Å². The van der Waals surface area contributed by atoms with Crippen molar-refractivity contribution >= 4 is 5.97 Å². The Hall–Kier alpha value is -1.35. The zero-order chi connectivity index (χ0) is 12.7. The smallest absolute Gasteiger partial charge is 0.304 e. The molecule has 0 N–H and O–H groups in total. The highest BCUT2D eigenvalue weighted by atomic mass is 16.7. The first kappa shape index (κ1) is 13.7. The summed E-state index contributed by atoms with van der Waals surface area (Å²) in [5.41, 5.74) is 1.08. The quantitative estimate of drug-likeness (QED) is 0.562. The summed E-state index contributed by atoms with van der Waals surface area (Å²) in [6, 6.07) is 9.85. The van der Waals surface area contributed by atoms with Gasteiger partial charge in [-0.1, -0.05) is 44.2 Å². The molecule has 0 radical (unpaired) electrons. The number of carbonyl (C=O) groups excluding carboxylic acids is 1. The topological polar surface area (TPSA) is 35.5 Å². The van der Waals surface area contributed by atoms with Crippen LogP contribution in [0.2, 0.25) is 0 Å². The molecule has 0 heterocycles. The number of esters is 1. The van der Waals surface area contributed by atoms with Crippen LogP contribution in [0, 0.1) is 5.92 Å². The molecular weight excluding hydrogens is 216 g/mol. The lowest BCUT2D eigenvalue weighted by atomic mass is 10.1. The van der Waals surface area contributed by atoms with E-state index in [4.69, 9.17) is 9.47 Å². The van der Waals surface area contributed by atoms with Gasteiger partial charge in [0, 0.05) is 13.3 Å². The molecule has 0 unspecified atom stereocenters. The van der Waals surface area contributed by atoms with Crippen molar-refractivity contribution in [3.8, 4) is 0 Å². The second-order valence-corrected chi connectivity index (χ2v) is 4.47. The van der Waals surface area contributed by atoms with Crippen LogP contribution in [0.1, 0.15) is 32.8 Å². The van der Waals surface area contributed by atoms with E-state index in [2.05, 4.69) is 13.8 Å². The van der Waals surface area contributed by atoms with Gasteiger partial charge in [-0.15, -0.1) is 0 Å². The maximum absolute atomic E-state index is 10.9. The van der Waals surface area contributed by atoms with Gasteiger partial charge in [0.1, 0.15) is 0 Å². The van der Waals surface area contributed by atoms with Gasteiger partial charge in [0.25, 0.3) is 0 Å². The molecular formula is C14H20O3. The summed E-state index contributed by atoms with van der Waals surface area (Å²) in [5, 5.41) is 0. The standard InChI is InChI=1S/C14H20O3/c1-11(2)9-14(17-12(3)15)16-10-13-7-5-4-6-8-13/h4-8,11,14H,9-10H2,1-3H3/t14-/m1/s1. The summed E-state index contributed by atoms with van der Waals surface area (Å²) in [7, 11) is 0. The van der Waals surface area contributed by atoms with Crippen molar-refractivity contribution in [1.82, 2.24) is 0 Å². The van der Waals surface area contributed by atoms with E-state index >= 15 is 0 Å². The molecule has 3 nitrogen and oxygen atoms in total. The van der Waals surface area contributed by atoms with E-state index in [1.165, 1.54) is 6.92 Å². The Morgan fingerprint density at radius 2 is 1.88 bits per heavy atom. The van der Waals surface area contributed by atoms with Gasteiger partial charge >= 0.3 is 5.97 Å². The van der Waals surface area contributed by atoms with Crippen molar-refractivity contribution in [1.29, 1.82) is 0 Å². The summed E-state index contributed by atoms with van der Waals surface area (Å²) in [6.07, 6.45) is 0.263. The van der Waals surface area contributed by atoms with E-state index in [-0.39, 0.29) is 5.97 Å². The van der Waals surface area contributed by atoms with Crippen molar-refractivity contribution in [3.05, 3.63) is 35.9 Å². The highest BCUT2D eigenvalue weighted by Gasteiger charge is 2.14. The fraction of sp³-hybridized carbons (Fsp3) is 0.500. The number of ether oxygens (including phenoxy) is 2. The lowest BCUT2D eigenvalue weighted by Gasteiger charge is -2.19. The van der Waals surface area contributed by atoms with Crippen LogP contribution in [-0.4, -0.2) is 12.3 Å². The first-order valence-corrected chi connectivity index (χ1v) is 5.90. The number of hydrogen-bond acceptors (Lipinski definition) is 3. The minimum atomic E-state index is -0.451. The number of hydrogen-bond donors (Lipinski definition) is 0. The van der Waals surface area contributed by atoms with Crippen LogP contribution < -0.4 is 0 Å². The van der Waals surface area contributed by atoms with Crippen molar-refractivity contribution in [2.24, 2.45) is 5.92 Å². The summed E-state index contributed by atoms with van der Waals surface area (Å²) >= 11 is 0. The van der Waals surface area contributed by atoms with Gasteiger partial charge in [-0.3, -0.25) is 4.79 Å². The third kappa shape index (κ3) is 6.07. The van der Waals surface area contributed by atoms with E-state index < -0.39 is 6.29 Å². The third-order valence-corrected chi connectivity index (χ3v) is 2.24. The minimum absolute atomic E-state index is 0.302. The van der Waals surface area contributed by atoms with Crippen molar-refractivity contribution in [2.45, 2.75) is 40.1 Å². The van der Waals surface area contributed by atoms with Gasteiger partial charge < -0.3 is 9.47 Å². The zero-order valence-electron chi connectivity index (χ0n) is 10.7. The summed E-state index contributed by atoms with van der Waals surface area (Å²) < 4.78 is 10.7.